The second kappa shape index (κ2) is 5.60. The topological polar surface area (TPSA) is 32.3 Å². The molecule has 1 amide bonds. The summed E-state index contributed by atoms with van der Waals surface area (Å²) in [4.78, 5) is 13.3. The molecule has 0 saturated carbocycles. The van der Waals surface area contributed by atoms with Gasteiger partial charge in [-0.05, 0) is 18.6 Å². The van der Waals surface area contributed by atoms with Crippen molar-refractivity contribution in [2.75, 3.05) is 19.6 Å². The molecule has 2 rings (SSSR count). The van der Waals surface area contributed by atoms with Crippen molar-refractivity contribution in [2.45, 2.75) is 13.0 Å². The van der Waals surface area contributed by atoms with E-state index < -0.39 is 0 Å². The zero-order chi connectivity index (χ0) is 12.3. The second-order valence-corrected chi connectivity index (χ2v) is 5.07. The number of hydrogen-bond donors (Lipinski definition) is 1. The van der Waals surface area contributed by atoms with Gasteiger partial charge >= 0.3 is 0 Å². The molecule has 1 aromatic rings. The molecule has 0 aliphatic carbocycles. The molecule has 0 atom stereocenters. The molecule has 92 valence electrons. The van der Waals surface area contributed by atoms with Crippen LogP contribution in [-0.4, -0.2) is 30.4 Å². The third kappa shape index (κ3) is 3.51. The summed E-state index contributed by atoms with van der Waals surface area (Å²) in [6.45, 7) is 2.34. The second-order valence-electron chi connectivity index (χ2n) is 4.15. The first-order valence-electron chi connectivity index (χ1n) is 5.58. The van der Waals surface area contributed by atoms with Gasteiger partial charge in [-0.25, -0.2) is 4.39 Å². The molecule has 1 aromatic carbocycles. The lowest BCUT2D eigenvalue weighted by Gasteiger charge is -2.18. The SMILES string of the molecule is O=C1CN(Cc2ccc(Br)cc2F)CCCN1. The number of nitrogens with zero attached hydrogens (tertiary/aromatic N) is 1. The van der Waals surface area contributed by atoms with Crippen LogP contribution in [-0.2, 0) is 11.3 Å². The molecule has 0 radical (unpaired) electrons. The zero-order valence-corrected chi connectivity index (χ0v) is 11.0. The fraction of sp³-hybridized carbons (Fsp3) is 0.417. The molecule has 1 aliphatic heterocycles. The summed E-state index contributed by atoms with van der Waals surface area (Å²) in [5.41, 5.74) is 0.628. The summed E-state index contributed by atoms with van der Waals surface area (Å²) in [6, 6.07) is 5.02. The normalized spacial score (nSPS) is 17.6. The van der Waals surface area contributed by atoms with Gasteiger partial charge < -0.3 is 5.32 Å². The van der Waals surface area contributed by atoms with Crippen LogP contribution < -0.4 is 5.32 Å². The Balaban J connectivity index is 2.06. The van der Waals surface area contributed by atoms with E-state index in [0.29, 0.717) is 25.2 Å². The molecule has 3 nitrogen and oxygen atoms in total. The van der Waals surface area contributed by atoms with Crippen molar-refractivity contribution < 1.29 is 9.18 Å². The maximum Gasteiger partial charge on any atom is 0.234 e. The van der Waals surface area contributed by atoms with Gasteiger partial charge in [0.25, 0.3) is 0 Å². The van der Waals surface area contributed by atoms with Gasteiger partial charge in [0.1, 0.15) is 5.82 Å². The number of carbonyl (C=O) groups is 1. The quantitative estimate of drug-likeness (QED) is 0.905. The van der Waals surface area contributed by atoms with Gasteiger partial charge in [-0.2, -0.15) is 0 Å². The fourth-order valence-corrected chi connectivity index (χ4v) is 2.23. The number of hydrogen-bond acceptors (Lipinski definition) is 2. The van der Waals surface area contributed by atoms with Gasteiger partial charge in [0, 0.05) is 29.7 Å². The standard InChI is InChI=1S/C12H14BrFN2O/c13-10-3-2-9(11(14)6-10)7-16-5-1-4-15-12(17)8-16/h2-3,6H,1,4-5,7-8H2,(H,15,17). The molecule has 0 bridgehead atoms. The third-order valence-corrected chi connectivity index (χ3v) is 3.24. The minimum atomic E-state index is -0.232. The van der Waals surface area contributed by atoms with Crippen molar-refractivity contribution in [3.8, 4) is 0 Å². The Hall–Kier alpha value is -0.940. The van der Waals surface area contributed by atoms with Crippen LogP contribution in [0.15, 0.2) is 22.7 Å². The Labute approximate surface area is 108 Å². The molecule has 5 heteroatoms. The predicted octanol–water partition coefficient (Wildman–Crippen LogP) is 1.91. The van der Waals surface area contributed by atoms with Crippen molar-refractivity contribution in [2.24, 2.45) is 0 Å². The summed E-state index contributed by atoms with van der Waals surface area (Å²) in [6.07, 6.45) is 0.907. The maximum atomic E-state index is 13.6. The number of halogens is 2. The van der Waals surface area contributed by atoms with Crippen molar-refractivity contribution in [1.82, 2.24) is 10.2 Å². The average molecular weight is 301 g/mol. The third-order valence-electron chi connectivity index (χ3n) is 2.75. The lowest BCUT2D eigenvalue weighted by Crippen LogP contribution is -2.32. The van der Waals surface area contributed by atoms with Crippen molar-refractivity contribution in [3.05, 3.63) is 34.1 Å². The van der Waals surface area contributed by atoms with Crippen LogP contribution >= 0.6 is 15.9 Å². The van der Waals surface area contributed by atoms with E-state index in [-0.39, 0.29) is 11.7 Å². The Morgan fingerprint density at radius 3 is 3.06 bits per heavy atom. The molecular weight excluding hydrogens is 287 g/mol. The molecule has 1 aliphatic rings. The number of carbonyl (C=O) groups excluding carboxylic acids is 1. The van der Waals surface area contributed by atoms with E-state index in [4.69, 9.17) is 0 Å². The minimum Gasteiger partial charge on any atom is -0.355 e. The van der Waals surface area contributed by atoms with Crippen LogP contribution in [0.25, 0.3) is 0 Å². The van der Waals surface area contributed by atoms with Gasteiger partial charge in [0.05, 0.1) is 6.54 Å². The summed E-state index contributed by atoms with van der Waals surface area (Å²) >= 11 is 3.23. The Morgan fingerprint density at radius 1 is 1.47 bits per heavy atom. The van der Waals surface area contributed by atoms with Crippen molar-refractivity contribution >= 4 is 21.8 Å². The molecule has 17 heavy (non-hydrogen) atoms. The molecule has 0 unspecified atom stereocenters. The lowest BCUT2D eigenvalue weighted by molar-refractivity contribution is -0.121. The highest BCUT2D eigenvalue weighted by atomic mass is 79.9. The van der Waals surface area contributed by atoms with Gasteiger partial charge in [0.15, 0.2) is 0 Å². The largest absolute Gasteiger partial charge is 0.355 e. The molecule has 1 heterocycles. The zero-order valence-electron chi connectivity index (χ0n) is 9.38. The highest BCUT2D eigenvalue weighted by Gasteiger charge is 2.16. The van der Waals surface area contributed by atoms with Crippen LogP contribution in [0.5, 0.6) is 0 Å². The fourth-order valence-electron chi connectivity index (χ4n) is 1.89. The van der Waals surface area contributed by atoms with Gasteiger partial charge in [0.2, 0.25) is 5.91 Å². The van der Waals surface area contributed by atoms with Crippen molar-refractivity contribution in [3.63, 3.8) is 0 Å². The highest BCUT2D eigenvalue weighted by Crippen LogP contribution is 2.17. The van der Waals surface area contributed by atoms with Crippen LogP contribution in [0.2, 0.25) is 0 Å². The van der Waals surface area contributed by atoms with Crippen LogP contribution in [0.1, 0.15) is 12.0 Å². The predicted molar refractivity (Wildman–Crippen MR) is 67.0 cm³/mol. The lowest BCUT2D eigenvalue weighted by atomic mass is 10.2. The van der Waals surface area contributed by atoms with Gasteiger partial charge in [-0.3, -0.25) is 9.69 Å². The van der Waals surface area contributed by atoms with Gasteiger partial charge in [-0.1, -0.05) is 22.0 Å². The smallest absolute Gasteiger partial charge is 0.234 e. The Bertz CT molecular complexity index is 425. The summed E-state index contributed by atoms with van der Waals surface area (Å²) in [5.74, 6) is -0.218. The van der Waals surface area contributed by atoms with Crippen LogP contribution in [0.3, 0.4) is 0 Å². The van der Waals surface area contributed by atoms with Gasteiger partial charge in [-0.15, -0.1) is 0 Å². The Kier molecular flexibility index (Phi) is 4.12. The van der Waals surface area contributed by atoms with Crippen LogP contribution in [0.4, 0.5) is 4.39 Å². The van der Waals surface area contributed by atoms with E-state index in [0.717, 1.165) is 17.4 Å². The maximum absolute atomic E-state index is 13.6. The molecule has 1 N–H and O–H groups in total. The van der Waals surface area contributed by atoms with E-state index in [1.807, 2.05) is 11.0 Å². The minimum absolute atomic E-state index is 0.0139. The first-order valence-corrected chi connectivity index (χ1v) is 6.37. The van der Waals surface area contributed by atoms with E-state index in [1.165, 1.54) is 6.07 Å². The van der Waals surface area contributed by atoms with Crippen molar-refractivity contribution in [1.29, 1.82) is 0 Å². The number of rotatable bonds is 2. The van der Waals surface area contributed by atoms with Crippen LogP contribution in [0, 0.1) is 5.82 Å². The molecule has 0 spiro atoms. The number of amides is 1. The summed E-state index contributed by atoms with van der Waals surface area (Å²) in [7, 11) is 0. The van der Waals surface area contributed by atoms with E-state index in [1.54, 1.807) is 6.07 Å². The van der Waals surface area contributed by atoms with E-state index in [2.05, 4.69) is 21.2 Å². The number of benzene rings is 1. The molecular formula is C12H14BrFN2O. The number of nitrogens with one attached hydrogen (secondary N) is 1. The summed E-state index contributed by atoms with van der Waals surface area (Å²) < 4.78 is 14.4. The Morgan fingerprint density at radius 2 is 2.29 bits per heavy atom. The van der Waals surface area contributed by atoms with E-state index >= 15 is 0 Å². The van der Waals surface area contributed by atoms with E-state index in [9.17, 15) is 9.18 Å². The molecule has 0 aromatic heterocycles. The highest BCUT2D eigenvalue weighted by molar-refractivity contribution is 9.10. The molecule has 1 fully saturated rings. The first kappa shape index (κ1) is 12.5. The monoisotopic (exact) mass is 300 g/mol. The average Bonchev–Trinajstić information content (AvgIpc) is 2.47. The first-order chi connectivity index (χ1) is 8.15. The summed E-state index contributed by atoms with van der Waals surface area (Å²) in [5, 5.41) is 2.80. The molecule has 1 saturated heterocycles.